The number of benzene rings is 1. The van der Waals surface area contributed by atoms with E-state index < -0.39 is 10.1 Å². The van der Waals surface area contributed by atoms with Gasteiger partial charge >= 0.3 is 5.97 Å². The third kappa shape index (κ3) is 6.14. The first-order valence-corrected chi connectivity index (χ1v) is 7.50. The predicted octanol–water partition coefficient (Wildman–Crippen LogP) is 1.28. The first kappa shape index (κ1) is 16.6. The van der Waals surface area contributed by atoms with Gasteiger partial charge in [0.25, 0.3) is 10.1 Å². The fourth-order valence-corrected chi connectivity index (χ4v) is 2.21. The van der Waals surface area contributed by atoms with Crippen LogP contribution in [0.5, 0.6) is 0 Å². The molecule has 0 aliphatic heterocycles. The van der Waals surface area contributed by atoms with Crippen molar-refractivity contribution < 1.29 is 26.9 Å². The Morgan fingerprint density at radius 3 is 2.25 bits per heavy atom. The molecule has 0 spiro atoms. The fraction of sp³-hybridized carbons (Fsp3) is 0.462. The Kier molecular flexibility index (Phi) is 6.63. The molecule has 0 saturated heterocycles. The lowest BCUT2D eigenvalue weighted by atomic mass is 10.2. The zero-order chi connectivity index (χ0) is 15.0. The molecule has 0 saturated carbocycles. The highest BCUT2D eigenvalue weighted by atomic mass is 32.2. The number of hydrogen-bond acceptors (Lipinski definition) is 6. The van der Waals surface area contributed by atoms with Crippen LogP contribution < -0.4 is 0 Å². The lowest BCUT2D eigenvalue weighted by Gasteiger charge is -2.07. The number of aryl methyl sites for hydroxylation is 1. The van der Waals surface area contributed by atoms with Crippen LogP contribution in [0.4, 0.5) is 0 Å². The molecule has 112 valence electrons. The summed E-state index contributed by atoms with van der Waals surface area (Å²) >= 11 is 0. The van der Waals surface area contributed by atoms with Crippen molar-refractivity contribution in [2.24, 2.45) is 0 Å². The molecule has 6 nitrogen and oxygen atoms in total. The number of esters is 1. The Labute approximate surface area is 118 Å². The average Bonchev–Trinajstić information content (AvgIpc) is 2.37. The van der Waals surface area contributed by atoms with Crippen molar-refractivity contribution in [2.75, 3.05) is 26.4 Å². The van der Waals surface area contributed by atoms with Crippen LogP contribution in [0, 0.1) is 6.92 Å². The van der Waals surface area contributed by atoms with Gasteiger partial charge in [-0.1, -0.05) is 17.7 Å². The summed E-state index contributed by atoms with van der Waals surface area (Å²) < 4.78 is 38.1. The Bertz CT molecular complexity index is 520. The molecule has 0 heterocycles. The average molecular weight is 302 g/mol. The number of hydrogen-bond donors (Lipinski definition) is 0. The SMILES string of the molecule is CC(=O)OCCOCCOS(=O)(=O)c1ccc(C)cc1. The Morgan fingerprint density at radius 2 is 1.65 bits per heavy atom. The molecule has 0 aliphatic carbocycles. The zero-order valence-electron chi connectivity index (χ0n) is 11.5. The van der Waals surface area contributed by atoms with Crippen LogP contribution in [-0.4, -0.2) is 40.8 Å². The van der Waals surface area contributed by atoms with Gasteiger partial charge in [0.05, 0.1) is 24.7 Å². The second-order valence-corrected chi connectivity index (χ2v) is 5.66. The van der Waals surface area contributed by atoms with Crippen LogP contribution in [0.3, 0.4) is 0 Å². The van der Waals surface area contributed by atoms with E-state index in [-0.39, 0.29) is 37.3 Å². The number of carbonyl (C=O) groups excluding carboxylic acids is 1. The van der Waals surface area contributed by atoms with Gasteiger partial charge < -0.3 is 9.47 Å². The number of carbonyl (C=O) groups is 1. The van der Waals surface area contributed by atoms with E-state index in [0.29, 0.717) is 0 Å². The normalized spacial score (nSPS) is 11.3. The van der Waals surface area contributed by atoms with E-state index in [2.05, 4.69) is 4.74 Å². The van der Waals surface area contributed by atoms with Gasteiger partial charge in [0.2, 0.25) is 0 Å². The minimum Gasteiger partial charge on any atom is -0.463 e. The maximum Gasteiger partial charge on any atom is 0.302 e. The van der Waals surface area contributed by atoms with Crippen LogP contribution in [0.25, 0.3) is 0 Å². The molecule has 0 fully saturated rings. The van der Waals surface area contributed by atoms with Gasteiger partial charge in [-0.25, -0.2) is 0 Å². The molecule has 0 radical (unpaired) electrons. The summed E-state index contributed by atoms with van der Waals surface area (Å²) in [4.78, 5) is 10.6. The summed E-state index contributed by atoms with van der Waals surface area (Å²) in [7, 11) is -3.75. The Balaban J connectivity index is 2.27. The summed E-state index contributed by atoms with van der Waals surface area (Å²) in [5.74, 6) is -0.383. The van der Waals surface area contributed by atoms with E-state index >= 15 is 0 Å². The smallest absolute Gasteiger partial charge is 0.302 e. The molecular weight excluding hydrogens is 284 g/mol. The third-order valence-corrected chi connectivity index (χ3v) is 3.64. The molecule has 0 atom stereocenters. The molecule has 1 aromatic carbocycles. The molecule has 0 unspecified atom stereocenters. The molecule has 20 heavy (non-hydrogen) atoms. The zero-order valence-corrected chi connectivity index (χ0v) is 12.3. The second kappa shape index (κ2) is 7.98. The first-order chi connectivity index (χ1) is 9.42. The molecule has 0 aliphatic rings. The van der Waals surface area contributed by atoms with Gasteiger partial charge in [-0.3, -0.25) is 8.98 Å². The van der Waals surface area contributed by atoms with Gasteiger partial charge in [0.15, 0.2) is 0 Å². The van der Waals surface area contributed by atoms with E-state index in [1.54, 1.807) is 12.1 Å². The molecule has 1 rings (SSSR count). The lowest BCUT2D eigenvalue weighted by molar-refractivity contribution is -0.142. The Morgan fingerprint density at radius 1 is 1.05 bits per heavy atom. The molecule has 1 aromatic rings. The number of ether oxygens (including phenoxy) is 2. The maximum atomic E-state index is 11.8. The summed E-state index contributed by atoms with van der Waals surface area (Å²) in [5.41, 5.74) is 0.970. The van der Waals surface area contributed by atoms with Crippen molar-refractivity contribution in [3.05, 3.63) is 29.8 Å². The van der Waals surface area contributed by atoms with Crippen molar-refractivity contribution in [1.29, 1.82) is 0 Å². The van der Waals surface area contributed by atoms with Crippen LogP contribution in [-0.2, 0) is 28.6 Å². The van der Waals surface area contributed by atoms with Crippen molar-refractivity contribution in [3.63, 3.8) is 0 Å². The minimum atomic E-state index is -3.75. The summed E-state index contributed by atoms with van der Waals surface area (Å²) in [6.45, 7) is 3.53. The summed E-state index contributed by atoms with van der Waals surface area (Å²) in [6.07, 6.45) is 0. The highest BCUT2D eigenvalue weighted by Gasteiger charge is 2.14. The van der Waals surface area contributed by atoms with Gasteiger partial charge in [-0.05, 0) is 19.1 Å². The Hall–Kier alpha value is -1.44. The predicted molar refractivity (Wildman–Crippen MR) is 71.8 cm³/mol. The van der Waals surface area contributed by atoms with Gasteiger partial charge in [0.1, 0.15) is 6.61 Å². The second-order valence-electron chi connectivity index (χ2n) is 4.04. The summed E-state index contributed by atoms with van der Waals surface area (Å²) in [6, 6.07) is 6.39. The standard InChI is InChI=1S/C13H18O6S/c1-11-3-5-13(6-4-11)20(15,16)19-10-8-17-7-9-18-12(2)14/h3-6H,7-10H2,1-2H3. The summed E-state index contributed by atoms with van der Waals surface area (Å²) in [5, 5.41) is 0. The molecule has 0 amide bonds. The molecule has 0 aromatic heterocycles. The topological polar surface area (TPSA) is 78.9 Å². The van der Waals surface area contributed by atoms with Crippen LogP contribution in [0.15, 0.2) is 29.2 Å². The van der Waals surface area contributed by atoms with Gasteiger partial charge in [-0.2, -0.15) is 8.42 Å². The molecule has 0 bridgehead atoms. The van der Waals surface area contributed by atoms with E-state index in [4.69, 9.17) is 8.92 Å². The molecule has 0 N–H and O–H groups in total. The van der Waals surface area contributed by atoms with Crippen molar-refractivity contribution in [3.8, 4) is 0 Å². The largest absolute Gasteiger partial charge is 0.463 e. The van der Waals surface area contributed by atoms with Crippen molar-refractivity contribution in [1.82, 2.24) is 0 Å². The first-order valence-electron chi connectivity index (χ1n) is 6.09. The van der Waals surface area contributed by atoms with Crippen molar-refractivity contribution >= 4 is 16.1 Å². The van der Waals surface area contributed by atoms with Gasteiger partial charge in [-0.15, -0.1) is 0 Å². The van der Waals surface area contributed by atoms with Crippen LogP contribution in [0.1, 0.15) is 12.5 Å². The lowest BCUT2D eigenvalue weighted by Crippen LogP contribution is -2.14. The highest BCUT2D eigenvalue weighted by molar-refractivity contribution is 7.86. The van der Waals surface area contributed by atoms with Crippen LogP contribution >= 0.6 is 0 Å². The highest BCUT2D eigenvalue weighted by Crippen LogP contribution is 2.12. The van der Waals surface area contributed by atoms with E-state index in [1.165, 1.54) is 19.1 Å². The fourth-order valence-electron chi connectivity index (χ4n) is 1.32. The van der Waals surface area contributed by atoms with E-state index in [0.717, 1.165) is 5.56 Å². The van der Waals surface area contributed by atoms with Gasteiger partial charge in [0, 0.05) is 6.92 Å². The monoisotopic (exact) mass is 302 g/mol. The van der Waals surface area contributed by atoms with E-state index in [1.807, 2.05) is 6.92 Å². The minimum absolute atomic E-state index is 0.0870. The number of rotatable bonds is 8. The van der Waals surface area contributed by atoms with Crippen molar-refractivity contribution in [2.45, 2.75) is 18.7 Å². The third-order valence-electron chi connectivity index (χ3n) is 2.31. The quantitative estimate of drug-likeness (QED) is 0.409. The maximum absolute atomic E-state index is 11.8. The molecule has 7 heteroatoms. The molecular formula is C13H18O6S. The van der Waals surface area contributed by atoms with E-state index in [9.17, 15) is 13.2 Å². The van der Waals surface area contributed by atoms with Crippen LogP contribution in [0.2, 0.25) is 0 Å².